The maximum atomic E-state index is 12.5. The Balaban J connectivity index is 1.72. The van der Waals surface area contributed by atoms with E-state index in [0.29, 0.717) is 22.6 Å². The molecule has 1 amide bonds. The molecule has 1 atom stereocenters. The molecule has 0 aliphatic carbocycles. The van der Waals surface area contributed by atoms with Crippen LogP contribution in [0.3, 0.4) is 0 Å². The summed E-state index contributed by atoms with van der Waals surface area (Å²) in [6.07, 6.45) is 0. The molecular formula is C20H18F2N2O4. The van der Waals surface area contributed by atoms with Crippen LogP contribution in [-0.2, 0) is 0 Å². The van der Waals surface area contributed by atoms with E-state index in [4.69, 9.17) is 9.26 Å². The number of carbonyl (C=O) groups is 1. The Bertz CT molecular complexity index is 959. The largest absolute Gasteiger partial charge is 0.496 e. The summed E-state index contributed by atoms with van der Waals surface area (Å²) in [6.45, 7) is -1.19. The Kier molecular flexibility index (Phi) is 5.88. The summed E-state index contributed by atoms with van der Waals surface area (Å²) in [6, 6.07) is 14.4. The third-order valence-corrected chi connectivity index (χ3v) is 4.05. The standard InChI is InChI=1S/C20H18F2N2O4/c1-12(13-6-5-7-14(10-13)27-20(21)22)23-19(25)16-11-18(28-24-16)15-8-3-4-9-17(15)26-2/h3-12,20H,1-2H3,(H,23,25). The number of ether oxygens (including phenoxy) is 2. The molecule has 3 aromatic rings. The number of rotatable bonds is 7. The van der Waals surface area contributed by atoms with Gasteiger partial charge in [-0.05, 0) is 36.8 Å². The van der Waals surface area contributed by atoms with Crippen molar-refractivity contribution in [2.24, 2.45) is 0 Å². The van der Waals surface area contributed by atoms with Gasteiger partial charge in [-0.2, -0.15) is 8.78 Å². The molecule has 0 spiro atoms. The zero-order valence-electron chi connectivity index (χ0n) is 15.2. The van der Waals surface area contributed by atoms with Crippen LogP contribution in [0.15, 0.2) is 59.1 Å². The van der Waals surface area contributed by atoms with Crippen LogP contribution in [0.2, 0.25) is 0 Å². The SMILES string of the molecule is COc1ccccc1-c1cc(C(=O)NC(C)c2cccc(OC(F)F)c2)no1. The van der Waals surface area contributed by atoms with Crippen molar-refractivity contribution < 1.29 is 27.6 Å². The van der Waals surface area contributed by atoms with E-state index in [9.17, 15) is 13.6 Å². The monoisotopic (exact) mass is 388 g/mol. The van der Waals surface area contributed by atoms with Crippen LogP contribution in [0.5, 0.6) is 11.5 Å². The van der Waals surface area contributed by atoms with Crippen molar-refractivity contribution in [3.05, 3.63) is 65.9 Å². The summed E-state index contributed by atoms with van der Waals surface area (Å²) in [5.41, 5.74) is 1.37. The fourth-order valence-electron chi connectivity index (χ4n) is 2.67. The molecule has 1 aromatic heterocycles. The molecule has 0 fully saturated rings. The van der Waals surface area contributed by atoms with Crippen molar-refractivity contribution in [3.8, 4) is 22.8 Å². The Morgan fingerprint density at radius 3 is 2.68 bits per heavy atom. The highest BCUT2D eigenvalue weighted by atomic mass is 19.3. The molecule has 3 rings (SSSR count). The number of halogens is 2. The summed E-state index contributed by atoms with van der Waals surface area (Å²) in [5.74, 6) is 0.545. The van der Waals surface area contributed by atoms with Gasteiger partial charge in [0.25, 0.3) is 5.91 Å². The fourth-order valence-corrected chi connectivity index (χ4v) is 2.67. The molecule has 2 aromatic carbocycles. The number of amides is 1. The van der Waals surface area contributed by atoms with Gasteiger partial charge >= 0.3 is 6.61 Å². The number of methoxy groups -OCH3 is 1. The normalized spacial score (nSPS) is 11.9. The number of nitrogens with one attached hydrogen (secondary N) is 1. The number of alkyl halides is 2. The van der Waals surface area contributed by atoms with Crippen LogP contribution in [0, 0.1) is 0 Å². The smallest absolute Gasteiger partial charge is 0.387 e. The molecule has 146 valence electrons. The van der Waals surface area contributed by atoms with Gasteiger partial charge in [0, 0.05) is 6.07 Å². The van der Waals surface area contributed by atoms with E-state index in [1.165, 1.54) is 25.3 Å². The number of para-hydroxylation sites is 1. The number of hydrogen-bond acceptors (Lipinski definition) is 5. The number of nitrogens with zero attached hydrogens (tertiary/aromatic N) is 1. The van der Waals surface area contributed by atoms with Gasteiger partial charge in [-0.3, -0.25) is 4.79 Å². The van der Waals surface area contributed by atoms with E-state index in [0.717, 1.165) is 0 Å². The molecule has 1 N–H and O–H groups in total. The number of carbonyl (C=O) groups excluding carboxylic acids is 1. The summed E-state index contributed by atoms with van der Waals surface area (Å²) >= 11 is 0. The second-order valence-corrected chi connectivity index (χ2v) is 5.92. The Morgan fingerprint density at radius 1 is 1.14 bits per heavy atom. The van der Waals surface area contributed by atoms with Crippen LogP contribution in [-0.4, -0.2) is 24.8 Å². The quantitative estimate of drug-likeness (QED) is 0.648. The second kappa shape index (κ2) is 8.51. The third-order valence-electron chi connectivity index (χ3n) is 4.05. The first-order valence-corrected chi connectivity index (χ1v) is 8.43. The molecule has 1 heterocycles. The molecule has 0 saturated heterocycles. The highest BCUT2D eigenvalue weighted by Gasteiger charge is 2.18. The predicted octanol–water partition coefficient (Wildman–Crippen LogP) is 4.44. The van der Waals surface area contributed by atoms with Crippen LogP contribution in [0.25, 0.3) is 11.3 Å². The van der Waals surface area contributed by atoms with Crippen LogP contribution >= 0.6 is 0 Å². The summed E-state index contributed by atoms with van der Waals surface area (Å²) in [7, 11) is 1.54. The molecule has 28 heavy (non-hydrogen) atoms. The first kappa shape index (κ1) is 19.3. The Hall–Kier alpha value is -3.42. The highest BCUT2D eigenvalue weighted by Crippen LogP contribution is 2.30. The van der Waals surface area contributed by atoms with E-state index in [-0.39, 0.29) is 11.4 Å². The average Bonchev–Trinajstić information content (AvgIpc) is 3.17. The lowest BCUT2D eigenvalue weighted by molar-refractivity contribution is -0.0499. The molecule has 8 heteroatoms. The second-order valence-electron chi connectivity index (χ2n) is 5.92. The number of benzene rings is 2. The lowest BCUT2D eigenvalue weighted by Crippen LogP contribution is -2.26. The van der Waals surface area contributed by atoms with Crippen molar-refractivity contribution in [1.29, 1.82) is 0 Å². The summed E-state index contributed by atoms with van der Waals surface area (Å²) in [5, 5.41) is 6.56. The van der Waals surface area contributed by atoms with Gasteiger partial charge in [-0.25, -0.2) is 0 Å². The number of hydrogen-bond donors (Lipinski definition) is 1. The van der Waals surface area contributed by atoms with Gasteiger partial charge in [0.05, 0.1) is 18.7 Å². The molecule has 0 saturated carbocycles. The van der Waals surface area contributed by atoms with Gasteiger partial charge in [-0.15, -0.1) is 0 Å². The van der Waals surface area contributed by atoms with Gasteiger partial charge in [-0.1, -0.05) is 29.4 Å². The van der Waals surface area contributed by atoms with Gasteiger partial charge in [0.15, 0.2) is 11.5 Å². The van der Waals surface area contributed by atoms with E-state index in [2.05, 4.69) is 15.2 Å². The maximum absolute atomic E-state index is 12.5. The van der Waals surface area contributed by atoms with Crippen molar-refractivity contribution in [2.75, 3.05) is 7.11 Å². The first-order valence-electron chi connectivity index (χ1n) is 8.43. The molecule has 0 aliphatic rings. The van der Waals surface area contributed by atoms with E-state index >= 15 is 0 Å². The Morgan fingerprint density at radius 2 is 1.93 bits per heavy atom. The molecule has 0 radical (unpaired) electrons. The first-order chi connectivity index (χ1) is 13.5. The topological polar surface area (TPSA) is 73.6 Å². The predicted molar refractivity (Wildman–Crippen MR) is 97.4 cm³/mol. The van der Waals surface area contributed by atoms with Crippen LogP contribution in [0.4, 0.5) is 8.78 Å². The van der Waals surface area contributed by atoms with Crippen molar-refractivity contribution in [2.45, 2.75) is 19.6 Å². The van der Waals surface area contributed by atoms with E-state index in [1.54, 1.807) is 31.2 Å². The van der Waals surface area contributed by atoms with Crippen LogP contribution < -0.4 is 14.8 Å². The van der Waals surface area contributed by atoms with E-state index in [1.807, 2.05) is 12.1 Å². The minimum Gasteiger partial charge on any atom is -0.496 e. The lowest BCUT2D eigenvalue weighted by Gasteiger charge is -2.14. The molecule has 1 unspecified atom stereocenters. The summed E-state index contributed by atoms with van der Waals surface area (Å²) in [4.78, 5) is 12.5. The van der Waals surface area contributed by atoms with Crippen molar-refractivity contribution >= 4 is 5.91 Å². The minimum absolute atomic E-state index is 0.0218. The lowest BCUT2D eigenvalue weighted by atomic mass is 10.1. The van der Waals surface area contributed by atoms with Crippen molar-refractivity contribution in [3.63, 3.8) is 0 Å². The van der Waals surface area contributed by atoms with Crippen LogP contribution in [0.1, 0.15) is 29.0 Å². The molecule has 6 nitrogen and oxygen atoms in total. The minimum atomic E-state index is -2.91. The summed E-state index contributed by atoms with van der Waals surface area (Å²) < 4.78 is 39.7. The molecular weight excluding hydrogens is 370 g/mol. The van der Waals surface area contributed by atoms with Gasteiger partial charge in [0.1, 0.15) is 11.5 Å². The molecule has 0 aliphatic heterocycles. The van der Waals surface area contributed by atoms with Crippen molar-refractivity contribution in [1.82, 2.24) is 10.5 Å². The van der Waals surface area contributed by atoms with E-state index < -0.39 is 18.6 Å². The van der Waals surface area contributed by atoms with Gasteiger partial charge in [0.2, 0.25) is 0 Å². The zero-order valence-corrected chi connectivity index (χ0v) is 15.2. The average molecular weight is 388 g/mol. The fraction of sp³-hybridized carbons (Fsp3) is 0.200. The highest BCUT2D eigenvalue weighted by molar-refractivity contribution is 5.93. The third kappa shape index (κ3) is 4.46. The zero-order chi connectivity index (χ0) is 20.1. The Labute approximate surface area is 160 Å². The molecule has 0 bridgehead atoms. The maximum Gasteiger partial charge on any atom is 0.387 e. The van der Waals surface area contributed by atoms with Gasteiger partial charge < -0.3 is 19.3 Å². The number of aromatic nitrogens is 1.